The van der Waals surface area contributed by atoms with Crippen molar-refractivity contribution in [2.45, 2.75) is 44.2 Å². The van der Waals surface area contributed by atoms with Gasteiger partial charge in [0.25, 0.3) is 0 Å². The van der Waals surface area contributed by atoms with Crippen molar-refractivity contribution in [1.29, 1.82) is 0 Å². The molecule has 0 aliphatic carbocycles. The fourth-order valence-electron chi connectivity index (χ4n) is 4.24. The Labute approximate surface area is 142 Å². The zero-order valence-electron chi connectivity index (χ0n) is 14.1. The summed E-state index contributed by atoms with van der Waals surface area (Å²) in [5, 5.41) is 2.38. The fourth-order valence-corrected chi connectivity index (χ4v) is 4.24. The van der Waals surface area contributed by atoms with E-state index in [1.54, 1.807) is 7.11 Å². The highest BCUT2D eigenvalue weighted by Crippen LogP contribution is 2.33. The third-order valence-corrected chi connectivity index (χ3v) is 5.41. The van der Waals surface area contributed by atoms with Crippen LogP contribution in [0.3, 0.4) is 0 Å². The molecule has 2 aliphatic heterocycles. The maximum atomic E-state index is 12.8. The first kappa shape index (κ1) is 15.3. The van der Waals surface area contributed by atoms with E-state index >= 15 is 0 Å². The summed E-state index contributed by atoms with van der Waals surface area (Å²) in [5.41, 5.74) is 1.14. The van der Waals surface area contributed by atoms with Gasteiger partial charge in [-0.3, -0.25) is 4.79 Å². The number of aryl methyl sites for hydroxylation is 1. The van der Waals surface area contributed by atoms with Crippen LogP contribution in [0.15, 0.2) is 48.6 Å². The number of hydrogen-bond acceptors (Lipinski definition) is 2. The Balaban J connectivity index is 1.56. The molecule has 2 aromatic rings. The van der Waals surface area contributed by atoms with Crippen LogP contribution in [0.5, 0.6) is 5.75 Å². The SMILES string of the molecule is COc1ccc2ccccc2c1CCC(=O)N1[C@H]2CC=C[C@H]1CC2. The number of hydrogen-bond donors (Lipinski definition) is 0. The van der Waals surface area contributed by atoms with Gasteiger partial charge in [-0.1, -0.05) is 42.5 Å². The number of fused-ring (bicyclic) bond motifs is 3. The first-order chi connectivity index (χ1) is 11.8. The topological polar surface area (TPSA) is 29.5 Å². The van der Waals surface area contributed by atoms with E-state index in [4.69, 9.17) is 4.74 Å². The minimum atomic E-state index is 0.279. The predicted octanol–water partition coefficient (Wildman–Crippen LogP) is 4.10. The predicted molar refractivity (Wildman–Crippen MR) is 96.2 cm³/mol. The molecule has 0 saturated carbocycles. The normalized spacial score (nSPS) is 22.1. The van der Waals surface area contributed by atoms with Gasteiger partial charge in [0.2, 0.25) is 5.91 Å². The lowest BCUT2D eigenvalue weighted by atomic mass is 9.99. The average molecular weight is 321 g/mol. The van der Waals surface area contributed by atoms with Crippen molar-refractivity contribution in [2.24, 2.45) is 0 Å². The molecule has 3 heteroatoms. The van der Waals surface area contributed by atoms with Gasteiger partial charge >= 0.3 is 0 Å². The van der Waals surface area contributed by atoms with E-state index in [2.05, 4.69) is 35.3 Å². The molecule has 0 radical (unpaired) electrons. The van der Waals surface area contributed by atoms with Crippen LogP contribution in [0, 0.1) is 0 Å². The summed E-state index contributed by atoms with van der Waals surface area (Å²) in [7, 11) is 1.70. The van der Waals surface area contributed by atoms with Gasteiger partial charge in [-0.25, -0.2) is 0 Å². The van der Waals surface area contributed by atoms with Crippen molar-refractivity contribution in [2.75, 3.05) is 7.11 Å². The zero-order valence-corrected chi connectivity index (χ0v) is 14.1. The Morgan fingerprint density at radius 1 is 1.21 bits per heavy atom. The molecule has 0 unspecified atom stereocenters. The molecular formula is C21H23NO2. The number of nitrogens with zero attached hydrogens (tertiary/aromatic N) is 1. The Kier molecular flexibility index (Phi) is 4.01. The minimum Gasteiger partial charge on any atom is -0.496 e. The molecule has 2 heterocycles. The second-order valence-electron chi connectivity index (χ2n) is 6.73. The average Bonchev–Trinajstić information content (AvgIpc) is 2.88. The molecule has 3 nitrogen and oxygen atoms in total. The molecule has 0 N–H and O–H groups in total. The molecular weight excluding hydrogens is 298 g/mol. The monoisotopic (exact) mass is 321 g/mol. The summed E-state index contributed by atoms with van der Waals surface area (Å²) in [5.74, 6) is 1.16. The summed E-state index contributed by atoms with van der Waals surface area (Å²) in [4.78, 5) is 14.9. The summed E-state index contributed by atoms with van der Waals surface area (Å²) in [6.07, 6.45) is 8.99. The Bertz CT molecular complexity index is 796. The van der Waals surface area contributed by atoms with Crippen molar-refractivity contribution < 1.29 is 9.53 Å². The highest BCUT2D eigenvalue weighted by atomic mass is 16.5. The second kappa shape index (κ2) is 6.31. The highest BCUT2D eigenvalue weighted by Gasteiger charge is 2.36. The van der Waals surface area contributed by atoms with Crippen LogP contribution in [0.1, 0.15) is 31.2 Å². The zero-order chi connectivity index (χ0) is 16.5. The van der Waals surface area contributed by atoms with Gasteiger partial charge in [-0.15, -0.1) is 0 Å². The van der Waals surface area contributed by atoms with Gasteiger partial charge in [0, 0.05) is 18.0 Å². The summed E-state index contributed by atoms with van der Waals surface area (Å²) in [6.45, 7) is 0. The van der Waals surface area contributed by atoms with E-state index in [1.165, 1.54) is 10.8 Å². The van der Waals surface area contributed by atoms with Gasteiger partial charge in [-0.2, -0.15) is 0 Å². The number of amides is 1. The lowest BCUT2D eigenvalue weighted by molar-refractivity contribution is -0.133. The molecule has 2 aromatic carbocycles. The smallest absolute Gasteiger partial charge is 0.223 e. The highest BCUT2D eigenvalue weighted by molar-refractivity contribution is 5.88. The first-order valence-electron chi connectivity index (χ1n) is 8.80. The number of benzene rings is 2. The van der Waals surface area contributed by atoms with Crippen LogP contribution in [-0.4, -0.2) is 30.0 Å². The van der Waals surface area contributed by atoms with Gasteiger partial charge in [0.15, 0.2) is 0 Å². The van der Waals surface area contributed by atoms with E-state index in [9.17, 15) is 4.79 Å². The van der Waals surface area contributed by atoms with Crippen molar-refractivity contribution in [3.63, 3.8) is 0 Å². The van der Waals surface area contributed by atoms with Crippen molar-refractivity contribution in [3.8, 4) is 5.75 Å². The molecule has 124 valence electrons. The van der Waals surface area contributed by atoms with Crippen LogP contribution in [-0.2, 0) is 11.2 Å². The standard InChI is InChI=1S/C21H23NO2/c1-24-20-13-9-15-5-2-3-8-18(15)19(20)12-14-21(23)22-16-6-4-7-17(22)11-10-16/h2-6,8-9,13,16-17H,7,10-12,14H2,1H3/t16-,17-/m0/s1. The molecule has 0 aromatic heterocycles. The van der Waals surface area contributed by atoms with Gasteiger partial charge in [0.05, 0.1) is 13.2 Å². The second-order valence-corrected chi connectivity index (χ2v) is 6.73. The number of carbonyl (C=O) groups is 1. The Hall–Kier alpha value is -2.29. The number of methoxy groups -OCH3 is 1. The largest absolute Gasteiger partial charge is 0.496 e. The molecule has 0 spiro atoms. The third kappa shape index (κ3) is 2.58. The number of rotatable bonds is 4. The quantitative estimate of drug-likeness (QED) is 0.794. The number of carbonyl (C=O) groups excluding carboxylic acids is 1. The summed E-state index contributed by atoms with van der Waals surface area (Å²) < 4.78 is 5.55. The molecule has 1 amide bonds. The molecule has 1 saturated heterocycles. The molecule has 2 aliphatic rings. The molecule has 4 rings (SSSR count). The molecule has 2 atom stereocenters. The van der Waals surface area contributed by atoms with Crippen LogP contribution in [0.4, 0.5) is 0 Å². The minimum absolute atomic E-state index is 0.279. The van der Waals surface area contributed by atoms with E-state index < -0.39 is 0 Å². The van der Waals surface area contributed by atoms with Crippen molar-refractivity contribution in [1.82, 2.24) is 4.90 Å². The van der Waals surface area contributed by atoms with Crippen molar-refractivity contribution >= 4 is 16.7 Å². The maximum absolute atomic E-state index is 12.8. The molecule has 24 heavy (non-hydrogen) atoms. The maximum Gasteiger partial charge on any atom is 0.223 e. The lowest BCUT2D eigenvalue weighted by Gasteiger charge is -2.31. The van der Waals surface area contributed by atoms with Crippen molar-refractivity contribution in [3.05, 3.63) is 54.1 Å². The fraction of sp³-hybridized carbons (Fsp3) is 0.381. The van der Waals surface area contributed by atoms with Gasteiger partial charge in [-0.05, 0) is 42.5 Å². The third-order valence-electron chi connectivity index (χ3n) is 5.41. The van der Waals surface area contributed by atoms with E-state index in [0.717, 1.165) is 37.0 Å². The van der Waals surface area contributed by atoms with Crippen LogP contribution < -0.4 is 4.74 Å². The van der Waals surface area contributed by atoms with Crippen LogP contribution >= 0.6 is 0 Å². The van der Waals surface area contributed by atoms with E-state index in [-0.39, 0.29) is 5.91 Å². The molecule has 2 bridgehead atoms. The van der Waals surface area contributed by atoms with Crippen LogP contribution in [0.2, 0.25) is 0 Å². The summed E-state index contributed by atoms with van der Waals surface area (Å²) >= 11 is 0. The van der Waals surface area contributed by atoms with E-state index in [1.807, 2.05) is 18.2 Å². The Morgan fingerprint density at radius 2 is 2.08 bits per heavy atom. The van der Waals surface area contributed by atoms with E-state index in [0.29, 0.717) is 18.5 Å². The molecule has 1 fully saturated rings. The Morgan fingerprint density at radius 3 is 2.92 bits per heavy atom. The van der Waals surface area contributed by atoms with Crippen LogP contribution in [0.25, 0.3) is 10.8 Å². The van der Waals surface area contributed by atoms with Gasteiger partial charge in [0.1, 0.15) is 5.75 Å². The lowest BCUT2D eigenvalue weighted by Crippen LogP contribution is -2.42. The van der Waals surface area contributed by atoms with Gasteiger partial charge < -0.3 is 9.64 Å². The number of ether oxygens (including phenoxy) is 1. The first-order valence-corrected chi connectivity index (χ1v) is 8.80. The summed E-state index contributed by atoms with van der Waals surface area (Å²) in [6, 6.07) is 13.1.